The zero-order chi connectivity index (χ0) is 15.4. The largest absolute Gasteiger partial charge is 0.497 e. The molecular weight excluding hydrogens is 274 g/mol. The van der Waals surface area contributed by atoms with E-state index in [-0.39, 0.29) is 5.91 Å². The highest BCUT2D eigenvalue weighted by Gasteiger charge is 2.25. The number of methoxy groups -OCH3 is 1. The molecule has 1 aliphatic rings. The molecule has 2 aromatic rings. The maximum absolute atomic E-state index is 12.5. The third kappa shape index (κ3) is 3.55. The van der Waals surface area contributed by atoms with Crippen molar-refractivity contribution < 1.29 is 9.53 Å². The summed E-state index contributed by atoms with van der Waals surface area (Å²) in [6.07, 6.45) is 4.08. The number of hydrogen-bond acceptors (Lipinski definition) is 2. The van der Waals surface area contributed by atoms with Gasteiger partial charge in [0.15, 0.2) is 0 Å². The Morgan fingerprint density at radius 3 is 2.36 bits per heavy atom. The van der Waals surface area contributed by atoms with Crippen molar-refractivity contribution >= 4 is 17.6 Å². The first-order chi connectivity index (χ1) is 10.8. The predicted molar refractivity (Wildman–Crippen MR) is 88.5 cm³/mol. The smallest absolute Gasteiger partial charge is 0.252 e. The van der Waals surface area contributed by atoms with Crippen molar-refractivity contribution in [3.8, 4) is 5.75 Å². The SMILES string of the molecule is COc1ccc(/C=C(/C(=O)NC2CC2)c2ccccc2)cc1. The van der Waals surface area contributed by atoms with Crippen LogP contribution in [0.1, 0.15) is 24.0 Å². The number of carbonyl (C=O) groups is 1. The summed E-state index contributed by atoms with van der Waals surface area (Å²) in [6.45, 7) is 0. The number of benzene rings is 2. The van der Waals surface area contributed by atoms with Crippen molar-refractivity contribution in [1.29, 1.82) is 0 Å². The number of rotatable bonds is 5. The molecule has 3 heteroatoms. The van der Waals surface area contributed by atoms with E-state index in [1.165, 1.54) is 0 Å². The fourth-order valence-electron chi connectivity index (χ4n) is 2.26. The molecular formula is C19H19NO2. The number of amides is 1. The second-order valence-corrected chi connectivity index (χ2v) is 5.44. The van der Waals surface area contributed by atoms with Gasteiger partial charge in [-0.1, -0.05) is 42.5 Å². The van der Waals surface area contributed by atoms with Gasteiger partial charge < -0.3 is 10.1 Å². The monoisotopic (exact) mass is 293 g/mol. The summed E-state index contributed by atoms with van der Waals surface area (Å²) in [5, 5.41) is 3.06. The Bertz CT molecular complexity index is 670. The molecule has 22 heavy (non-hydrogen) atoms. The zero-order valence-corrected chi connectivity index (χ0v) is 12.6. The fraction of sp³-hybridized carbons (Fsp3) is 0.211. The molecule has 1 fully saturated rings. The van der Waals surface area contributed by atoms with Gasteiger partial charge in [-0.15, -0.1) is 0 Å². The van der Waals surface area contributed by atoms with Gasteiger partial charge in [0.25, 0.3) is 5.91 Å². The van der Waals surface area contributed by atoms with Crippen molar-refractivity contribution in [3.63, 3.8) is 0 Å². The highest BCUT2D eigenvalue weighted by atomic mass is 16.5. The van der Waals surface area contributed by atoms with Gasteiger partial charge in [0.2, 0.25) is 0 Å². The lowest BCUT2D eigenvalue weighted by Gasteiger charge is -2.09. The van der Waals surface area contributed by atoms with Crippen LogP contribution in [0.25, 0.3) is 11.6 Å². The molecule has 3 nitrogen and oxygen atoms in total. The van der Waals surface area contributed by atoms with Gasteiger partial charge in [-0.2, -0.15) is 0 Å². The lowest BCUT2D eigenvalue weighted by atomic mass is 10.0. The standard InChI is InChI=1S/C19H19NO2/c1-22-17-11-7-14(8-12-17)13-18(15-5-3-2-4-6-15)19(21)20-16-9-10-16/h2-8,11-13,16H,9-10H2,1H3,(H,20,21)/b18-13+. The van der Waals surface area contributed by atoms with Crippen LogP contribution in [0.15, 0.2) is 54.6 Å². The van der Waals surface area contributed by atoms with E-state index in [0.29, 0.717) is 11.6 Å². The van der Waals surface area contributed by atoms with E-state index in [1.807, 2.05) is 60.7 Å². The Morgan fingerprint density at radius 2 is 1.77 bits per heavy atom. The summed E-state index contributed by atoms with van der Waals surface area (Å²) in [4.78, 5) is 12.5. The maximum atomic E-state index is 12.5. The summed E-state index contributed by atoms with van der Waals surface area (Å²) in [5.74, 6) is 0.797. The van der Waals surface area contributed by atoms with Crippen molar-refractivity contribution in [2.45, 2.75) is 18.9 Å². The normalized spacial score (nSPS) is 14.5. The number of carbonyl (C=O) groups excluding carboxylic acids is 1. The third-order valence-electron chi connectivity index (χ3n) is 3.67. The van der Waals surface area contributed by atoms with Crippen molar-refractivity contribution in [2.24, 2.45) is 0 Å². The summed E-state index contributed by atoms with van der Waals surface area (Å²) in [5.41, 5.74) is 2.60. The van der Waals surface area contributed by atoms with Gasteiger partial charge in [-0.05, 0) is 42.2 Å². The maximum Gasteiger partial charge on any atom is 0.252 e. The lowest BCUT2D eigenvalue weighted by Crippen LogP contribution is -2.26. The molecule has 0 atom stereocenters. The van der Waals surface area contributed by atoms with Crippen LogP contribution in [0.5, 0.6) is 5.75 Å². The van der Waals surface area contributed by atoms with Crippen LogP contribution in [0, 0.1) is 0 Å². The summed E-state index contributed by atoms with van der Waals surface area (Å²) in [7, 11) is 1.64. The Hall–Kier alpha value is -2.55. The van der Waals surface area contributed by atoms with Crippen LogP contribution >= 0.6 is 0 Å². The third-order valence-corrected chi connectivity index (χ3v) is 3.67. The van der Waals surface area contributed by atoms with Gasteiger partial charge in [0.05, 0.1) is 7.11 Å². The summed E-state index contributed by atoms with van der Waals surface area (Å²) < 4.78 is 5.17. The van der Waals surface area contributed by atoms with Gasteiger partial charge in [-0.25, -0.2) is 0 Å². The molecule has 1 N–H and O–H groups in total. The van der Waals surface area contributed by atoms with Crippen LogP contribution < -0.4 is 10.1 Å². The second-order valence-electron chi connectivity index (χ2n) is 5.44. The van der Waals surface area contributed by atoms with Crippen LogP contribution in [0.2, 0.25) is 0 Å². The molecule has 2 aromatic carbocycles. The number of hydrogen-bond donors (Lipinski definition) is 1. The molecule has 0 bridgehead atoms. The summed E-state index contributed by atoms with van der Waals surface area (Å²) >= 11 is 0. The highest BCUT2D eigenvalue weighted by molar-refractivity contribution is 6.24. The predicted octanol–water partition coefficient (Wildman–Crippen LogP) is 3.51. The van der Waals surface area contributed by atoms with Crippen molar-refractivity contribution in [3.05, 3.63) is 65.7 Å². The van der Waals surface area contributed by atoms with Crippen molar-refractivity contribution in [2.75, 3.05) is 7.11 Å². The number of ether oxygens (including phenoxy) is 1. The molecule has 0 radical (unpaired) electrons. The van der Waals surface area contributed by atoms with Gasteiger partial charge in [0, 0.05) is 11.6 Å². The minimum absolute atomic E-state index is 0.00971. The highest BCUT2D eigenvalue weighted by Crippen LogP contribution is 2.24. The topological polar surface area (TPSA) is 38.3 Å². The second kappa shape index (κ2) is 6.48. The molecule has 0 unspecified atom stereocenters. The van der Waals surface area contributed by atoms with Gasteiger partial charge in [0.1, 0.15) is 5.75 Å². The minimum atomic E-state index is -0.00971. The van der Waals surface area contributed by atoms with E-state index in [0.717, 1.165) is 29.7 Å². The zero-order valence-electron chi connectivity index (χ0n) is 12.6. The van der Waals surface area contributed by atoms with E-state index >= 15 is 0 Å². The molecule has 0 aliphatic heterocycles. The molecule has 0 saturated heterocycles. The molecule has 112 valence electrons. The number of nitrogens with one attached hydrogen (secondary N) is 1. The van der Waals surface area contributed by atoms with E-state index in [2.05, 4.69) is 5.32 Å². The molecule has 0 spiro atoms. The quantitative estimate of drug-likeness (QED) is 0.676. The van der Waals surface area contributed by atoms with E-state index in [4.69, 9.17) is 4.74 Å². The van der Waals surface area contributed by atoms with E-state index < -0.39 is 0 Å². The lowest BCUT2D eigenvalue weighted by molar-refractivity contribution is -0.115. The Labute approximate surface area is 130 Å². The molecule has 0 heterocycles. The van der Waals surface area contributed by atoms with Gasteiger partial charge in [-0.3, -0.25) is 4.79 Å². The van der Waals surface area contributed by atoms with Crippen molar-refractivity contribution in [1.82, 2.24) is 5.32 Å². The first-order valence-corrected chi connectivity index (χ1v) is 7.48. The molecule has 1 saturated carbocycles. The molecule has 1 aliphatic carbocycles. The van der Waals surface area contributed by atoms with E-state index in [9.17, 15) is 4.79 Å². The van der Waals surface area contributed by atoms with Crippen LogP contribution in [-0.2, 0) is 4.79 Å². The first kappa shape index (κ1) is 14.4. The van der Waals surface area contributed by atoms with Gasteiger partial charge >= 0.3 is 0 Å². The van der Waals surface area contributed by atoms with Crippen LogP contribution in [0.4, 0.5) is 0 Å². The average molecular weight is 293 g/mol. The minimum Gasteiger partial charge on any atom is -0.497 e. The van der Waals surface area contributed by atoms with Crippen LogP contribution in [0.3, 0.4) is 0 Å². The molecule has 1 amide bonds. The Balaban J connectivity index is 1.92. The molecule has 3 rings (SSSR count). The Morgan fingerprint density at radius 1 is 1.09 bits per heavy atom. The fourth-order valence-corrected chi connectivity index (χ4v) is 2.26. The molecule has 0 aromatic heterocycles. The summed E-state index contributed by atoms with van der Waals surface area (Å²) in [6, 6.07) is 17.8. The average Bonchev–Trinajstić information content (AvgIpc) is 3.38. The first-order valence-electron chi connectivity index (χ1n) is 7.48. The van der Waals surface area contributed by atoms with E-state index in [1.54, 1.807) is 7.11 Å². The van der Waals surface area contributed by atoms with Crippen LogP contribution in [-0.4, -0.2) is 19.1 Å². The Kier molecular flexibility index (Phi) is 4.24.